The van der Waals surface area contributed by atoms with Gasteiger partial charge in [0, 0.05) is 13.1 Å². The maximum atomic E-state index is 11.9. The molecular formula is C9H8F3NO3. The van der Waals surface area contributed by atoms with Gasteiger partial charge in [-0.15, -0.1) is 0 Å². The molecule has 0 aliphatic heterocycles. The van der Waals surface area contributed by atoms with Crippen LogP contribution in [0.25, 0.3) is 0 Å². The zero-order chi connectivity index (χ0) is 12.2. The van der Waals surface area contributed by atoms with E-state index in [9.17, 15) is 18.0 Å². The third-order valence-electron chi connectivity index (χ3n) is 1.37. The van der Waals surface area contributed by atoms with Crippen molar-refractivity contribution in [3.05, 3.63) is 18.3 Å². The molecule has 0 radical (unpaired) electrons. The van der Waals surface area contributed by atoms with Crippen LogP contribution in [0.15, 0.2) is 18.3 Å². The number of halogens is 3. The fourth-order valence-electron chi connectivity index (χ4n) is 0.858. The van der Waals surface area contributed by atoms with Gasteiger partial charge in [0.2, 0.25) is 0 Å². The lowest BCUT2D eigenvalue weighted by Gasteiger charge is -2.11. The number of carbonyl (C=O) groups is 1. The zero-order valence-electron chi connectivity index (χ0n) is 8.25. The lowest BCUT2D eigenvalue weighted by atomic mass is 10.4. The average Bonchev–Trinajstić information content (AvgIpc) is 2.14. The van der Waals surface area contributed by atoms with Crippen molar-refractivity contribution in [1.29, 1.82) is 0 Å². The maximum Gasteiger partial charge on any atom is 0.422 e. The molecule has 4 nitrogen and oxygen atoms in total. The second-order valence-electron chi connectivity index (χ2n) is 2.80. The summed E-state index contributed by atoms with van der Waals surface area (Å²) < 4.78 is 44.7. The van der Waals surface area contributed by atoms with Gasteiger partial charge < -0.3 is 9.47 Å². The standard InChI is InChI=1S/C9H8F3NO3/c1-6(14)16-8-7(3-2-4-13-8)15-5-9(10,11)12/h2-4H,5H2,1H3. The van der Waals surface area contributed by atoms with Crippen molar-refractivity contribution in [2.24, 2.45) is 0 Å². The summed E-state index contributed by atoms with van der Waals surface area (Å²) in [6.45, 7) is -0.352. The van der Waals surface area contributed by atoms with Gasteiger partial charge in [0.1, 0.15) is 0 Å². The summed E-state index contributed by atoms with van der Waals surface area (Å²) in [5, 5.41) is 0. The fourth-order valence-corrected chi connectivity index (χ4v) is 0.858. The summed E-state index contributed by atoms with van der Waals surface area (Å²) in [5.74, 6) is -1.19. The van der Waals surface area contributed by atoms with Gasteiger partial charge in [0.05, 0.1) is 0 Å². The Morgan fingerprint density at radius 1 is 1.50 bits per heavy atom. The molecule has 1 aromatic heterocycles. The van der Waals surface area contributed by atoms with Crippen molar-refractivity contribution in [3.8, 4) is 11.6 Å². The van der Waals surface area contributed by atoms with Gasteiger partial charge in [-0.3, -0.25) is 4.79 Å². The SMILES string of the molecule is CC(=O)Oc1ncccc1OCC(F)(F)F. The molecule has 0 aromatic carbocycles. The van der Waals surface area contributed by atoms with E-state index in [2.05, 4.69) is 14.5 Å². The number of rotatable bonds is 3. The largest absolute Gasteiger partial charge is 0.478 e. The van der Waals surface area contributed by atoms with Gasteiger partial charge in [0.25, 0.3) is 5.88 Å². The van der Waals surface area contributed by atoms with Crippen molar-refractivity contribution in [2.45, 2.75) is 13.1 Å². The van der Waals surface area contributed by atoms with Crippen LogP contribution in [-0.4, -0.2) is 23.7 Å². The number of aromatic nitrogens is 1. The summed E-state index contributed by atoms with van der Waals surface area (Å²) >= 11 is 0. The predicted molar refractivity (Wildman–Crippen MR) is 47.1 cm³/mol. The first-order valence-corrected chi connectivity index (χ1v) is 4.21. The highest BCUT2D eigenvalue weighted by atomic mass is 19.4. The number of alkyl halides is 3. The molecule has 0 bridgehead atoms. The first-order valence-electron chi connectivity index (χ1n) is 4.21. The molecular weight excluding hydrogens is 227 g/mol. The van der Waals surface area contributed by atoms with Crippen LogP contribution in [0.2, 0.25) is 0 Å². The third kappa shape index (κ3) is 4.16. The zero-order valence-corrected chi connectivity index (χ0v) is 8.25. The van der Waals surface area contributed by atoms with Crippen molar-refractivity contribution in [2.75, 3.05) is 6.61 Å². The minimum atomic E-state index is -4.46. The van der Waals surface area contributed by atoms with Gasteiger partial charge in [-0.2, -0.15) is 13.2 Å². The Hall–Kier alpha value is -1.79. The van der Waals surface area contributed by atoms with Crippen LogP contribution in [0.4, 0.5) is 13.2 Å². The molecule has 16 heavy (non-hydrogen) atoms. The van der Waals surface area contributed by atoms with E-state index in [0.29, 0.717) is 0 Å². The van der Waals surface area contributed by atoms with E-state index in [4.69, 9.17) is 0 Å². The quantitative estimate of drug-likeness (QED) is 0.751. The molecule has 7 heteroatoms. The average molecular weight is 235 g/mol. The molecule has 0 amide bonds. The Morgan fingerprint density at radius 3 is 2.75 bits per heavy atom. The molecule has 1 rings (SSSR count). The summed E-state index contributed by atoms with van der Waals surface area (Å²) in [6, 6.07) is 2.61. The number of pyridine rings is 1. The maximum absolute atomic E-state index is 11.9. The van der Waals surface area contributed by atoms with Gasteiger partial charge in [-0.1, -0.05) is 0 Å². The van der Waals surface area contributed by atoms with Crippen LogP contribution in [0.3, 0.4) is 0 Å². The Kier molecular flexibility index (Phi) is 3.70. The molecule has 0 N–H and O–H groups in total. The number of nitrogens with zero attached hydrogens (tertiary/aromatic N) is 1. The van der Waals surface area contributed by atoms with E-state index in [0.717, 1.165) is 6.92 Å². The summed E-state index contributed by atoms with van der Waals surface area (Å²) in [6.07, 6.45) is -3.18. The van der Waals surface area contributed by atoms with E-state index in [1.54, 1.807) is 0 Å². The third-order valence-corrected chi connectivity index (χ3v) is 1.37. The van der Waals surface area contributed by atoms with Crippen LogP contribution >= 0.6 is 0 Å². The lowest BCUT2D eigenvalue weighted by molar-refractivity contribution is -0.153. The highest BCUT2D eigenvalue weighted by molar-refractivity contribution is 5.69. The van der Waals surface area contributed by atoms with Crippen molar-refractivity contribution >= 4 is 5.97 Å². The molecule has 0 saturated heterocycles. The number of ether oxygens (including phenoxy) is 2. The first kappa shape index (κ1) is 12.3. The molecule has 0 unspecified atom stereocenters. The predicted octanol–water partition coefficient (Wildman–Crippen LogP) is 1.95. The van der Waals surface area contributed by atoms with Gasteiger partial charge >= 0.3 is 12.1 Å². The molecule has 0 spiro atoms. The second kappa shape index (κ2) is 4.82. The smallest absolute Gasteiger partial charge is 0.422 e. The number of carbonyl (C=O) groups excluding carboxylic acids is 1. The normalized spacial score (nSPS) is 11.0. The highest BCUT2D eigenvalue weighted by Gasteiger charge is 2.29. The Labute approximate surface area is 89.0 Å². The first-order chi connectivity index (χ1) is 7.38. The van der Waals surface area contributed by atoms with Gasteiger partial charge in [-0.25, -0.2) is 4.98 Å². The Morgan fingerprint density at radius 2 is 2.19 bits per heavy atom. The van der Waals surface area contributed by atoms with Crippen LogP contribution in [0.5, 0.6) is 11.6 Å². The topological polar surface area (TPSA) is 48.4 Å². The van der Waals surface area contributed by atoms with E-state index in [-0.39, 0.29) is 11.6 Å². The molecule has 1 heterocycles. The van der Waals surface area contributed by atoms with E-state index in [1.165, 1.54) is 18.3 Å². The molecule has 88 valence electrons. The number of hydrogen-bond acceptors (Lipinski definition) is 4. The molecule has 0 aliphatic carbocycles. The molecule has 0 aliphatic rings. The fraction of sp³-hybridized carbons (Fsp3) is 0.333. The summed E-state index contributed by atoms with van der Waals surface area (Å²) in [5.41, 5.74) is 0. The van der Waals surface area contributed by atoms with Gasteiger partial charge in [-0.05, 0) is 12.1 Å². The van der Waals surface area contributed by atoms with E-state index < -0.39 is 18.8 Å². The molecule has 1 aromatic rings. The van der Waals surface area contributed by atoms with Crippen LogP contribution < -0.4 is 9.47 Å². The molecule has 0 saturated carbocycles. The van der Waals surface area contributed by atoms with Crippen molar-refractivity contribution < 1.29 is 27.4 Å². The van der Waals surface area contributed by atoms with Crippen LogP contribution in [-0.2, 0) is 4.79 Å². The number of esters is 1. The molecule has 0 atom stereocenters. The lowest BCUT2D eigenvalue weighted by Crippen LogP contribution is -2.19. The monoisotopic (exact) mass is 235 g/mol. The highest BCUT2D eigenvalue weighted by Crippen LogP contribution is 2.25. The van der Waals surface area contributed by atoms with Crippen molar-refractivity contribution in [3.63, 3.8) is 0 Å². The second-order valence-corrected chi connectivity index (χ2v) is 2.80. The minimum absolute atomic E-state index is 0.227. The Bertz CT molecular complexity index is 379. The van der Waals surface area contributed by atoms with E-state index >= 15 is 0 Å². The minimum Gasteiger partial charge on any atom is -0.478 e. The van der Waals surface area contributed by atoms with Gasteiger partial charge in [0.15, 0.2) is 12.4 Å². The van der Waals surface area contributed by atoms with Crippen molar-refractivity contribution in [1.82, 2.24) is 4.98 Å². The molecule has 0 fully saturated rings. The van der Waals surface area contributed by atoms with E-state index in [1.807, 2.05) is 0 Å². The van der Waals surface area contributed by atoms with Crippen LogP contribution in [0, 0.1) is 0 Å². The summed E-state index contributed by atoms with van der Waals surface area (Å²) in [7, 11) is 0. The number of hydrogen-bond donors (Lipinski definition) is 0. The Balaban J connectivity index is 2.75. The summed E-state index contributed by atoms with van der Waals surface area (Å²) in [4.78, 5) is 14.2. The van der Waals surface area contributed by atoms with Crippen LogP contribution in [0.1, 0.15) is 6.92 Å².